The summed E-state index contributed by atoms with van der Waals surface area (Å²) >= 11 is 0. The highest BCUT2D eigenvalue weighted by atomic mass is 19.1. The van der Waals surface area contributed by atoms with Crippen molar-refractivity contribution in [2.24, 2.45) is 5.73 Å². The molecule has 1 aliphatic rings. The minimum Gasteiger partial charge on any atom is -0.380 e. The van der Waals surface area contributed by atoms with E-state index < -0.39 is 11.6 Å². The summed E-state index contributed by atoms with van der Waals surface area (Å²) in [4.78, 5) is 14.2. The molecule has 1 amide bonds. The first-order valence-electron chi connectivity index (χ1n) is 8.02. The number of hydrogen-bond acceptors (Lipinski definition) is 3. The van der Waals surface area contributed by atoms with Crippen LogP contribution in [0.3, 0.4) is 0 Å². The molecule has 1 aromatic rings. The Hall–Kier alpha value is -1.53. The number of carbonyl (C=O) groups is 1. The topological polar surface area (TPSA) is 55.6 Å². The predicted molar refractivity (Wildman–Crippen MR) is 83.6 cm³/mol. The quantitative estimate of drug-likeness (QED) is 0.838. The molecule has 23 heavy (non-hydrogen) atoms. The van der Waals surface area contributed by atoms with Gasteiger partial charge in [0.25, 0.3) is 0 Å². The molecule has 0 aliphatic heterocycles. The zero-order valence-corrected chi connectivity index (χ0v) is 13.4. The fourth-order valence-electron chi connectivity index (χ4n) is 3.07. The van der Waals surface area contributed by atoms with Crippen LogP contribution >= 0.6 is 0 Å². The third kappa shape index (κ3) is 4.48. The van der Waals surface area contributed by atoms with Gasteiger partial charge in [0.05, 0.1) is 19.1 Å². The zero-order valence-electron chi connectivity index (χ0n) is 13.4. The lowest BCUT2D eigenvalue weighted by Crippen LogP contribution is -2.41. The standard InChI is InChI=1S/C17H24F2N2O2/c1-23-13(10-20)9-17(22)21(12-5-2-3-6-12)11-14-15(18)7-4-8-16(14)19/h4,7-8,12-13H,2-3,5-6,9-11,20H2,1H3. The van der Waals surface area contributed by atoms with E-state index in [4.69, 9.17) is 10.5 Å². The van der Waals surface area contributed by atoms with E-state index in [0.717, 1.165) is 25.7 Å². The van der Waals surface area contributed by atoms with Gasteiger partial charge in [0.2, 0.25) is 5.91 Å². The molecule has 1 aliphatic carbocycles. The summed E-state index contributed by atoms with van der Waals surface area (Å²) in [6, 6.07) is 3.78. The van der Waals surface area contributed by atoms with Gasteiger partial charge in [-0.25, -0.2) is 8.78 Å². The van der Waals surface area contributed by atoms with Gasteiger partial charge >= 0.3 is 0 Å². The maximum absolute atomic E-state index is 13.9. The first-order valence-corrected chi connectivity index (χ1v) is 8.02. The number of benzene rings is 1. The van der Waals surface area contributed by atoms with Crippen molar-refractivity contribution in [3.8, 4) is 0 Å². The summed E-state index contributed by atoms with van der Waals surface area (Å²) in [5.41, 5.74) is 5.51. The first kappa shape index (κ1) is 17.8. The van der Waals surface area contributed by atoms with Crippen LogP contribution in [0.1, 0.15) is 37.7 Å². The third-order valence-corrected chi connectivity index (χ3v) is 4.47. The number of amides is 1. The van der Waals surface area contributed by atoms with Crippen LogP contribution < -0.4 is 5.73 Å². The molecule has 1 saturated carbocycles. The Morgan fingerprint density at radius 1 is 1.35 bits per heavy atom. The van der Waals surface area contributed by atoms with E-state index in [1.807, 2.05) is 0 Å². The van der Waals surface area contributed by atoms with Crippen molar-refractivity contribution < 1.29 is 18.3 Å². The third-order valence-electron chi connectivity index (χ3n) is 4.47. The zero-order chi connectivity index (χ0) is 16.8. The fraction of sp³-hybridized carbons (Fsp3) is 0.588. The fourth-order valence-corrected chi connectivity index (χ4v) is 3.07. The second-order valence-corrected chi connectivity index (χ2v) is 5.96. The molecule has 0 spiro atoms. The Bertz CT molecular complexity index is 509. The van der Waals surface area contributed by atoms with Gasteiger partial charge in [-0.2, -0.15) is 0 Å². The van der Waals surface area contributed by atoms with Crippen LogP contribution in [0.15, 0.2) is 18.2 Å². The summed E-state index contributed by atoms with van der Waals surface area (Å²) in [5.74, 6) is -1.41. The van der Waals surface area contributed by atoms with E-state index in [9.17, 15) is 13.6 Å². The Morgan fingerprint density at radius 3 is 2.48 bits per heavy atom. The van der Waals surface area contributed by atoms with E-state index in [2.05, 4.69) is 0 Å². The molecule has 2 N–H and O–H groups in total. The summed E-state index contributed by atoms with van der Waals surface area (Å²) < 4.78 is 33.0. The first-order chi connectivity index (χ1) is 11.1. The van der Waals surface area contributed by atoms with Crippen molar-refractivity contribution in [1.82, 2.24) is 4.90 Å². The smallest absolute Gasteiger partial charge is 0.225 e. The van der Waals surface area contributed by atoms with Crippen molar-refractivity contribution in [2.75, 3.05) is 13.7 Å². The van der Waals surface area contributed by atoms with E-state index in [1.54, 1.807) is 4.90 Å². The highest BCUT2D eigenvalue weighted by Gasteiger charge is 2.29. The van der Waals surface area contributed by atoms with Crippen molar-refractivity contribution in [2.45, 2.75) is 50.8 Å². The van der Waals surface area contributed by atoms with Gasteiger partial charge in [-0.3, -0.25) is 4.79 Å². The van der Waals surface area contributed by atoms with Gasteiger partial charge in [-0.05, 0) is 25.0 Å². The lowest BCUT2D eigenvalue weighted by atomic mass is 10.1. The molecule has 1 fully saturated rings. The van der Waals surface area contributed by atoms with Crippen LogP contribution in [0.2, 0.25) is 0 Å². The molecule has 2 rings (SSSR count). The van der Waals surface area contributed by atoms with Crippen molar-refractivity contribution >= 4 is 5.91 Å². The molecule has 0 heterocycles. The summed E-state index contributed by atoms with van der Waals surface area (Å²) in [5, 5.41) is 0. The van der Waals surface area contributed by atoms with Crippen LogP contribution in [0.25, 0.3) is 0 Å². The molecule has 1 atom stereocenters. The molecule has 6 heteroatoms. The number of ether oxygens (including phenoxy) is 1. The molecule has 0 saturated heterocycles. The van der Waals surface area contributed by atoms with Crippen LogP contribution in [-0.2, 0) is 16.1 Å². The number of nitrogens with zero attached hydrogens (tertiary/aromatic N) is 1. The highest BCUT2D eigenvalue weighted by molar-refractivity contribution is 5.77. The van der Waals surface area contributed by atoms with E-state index >= 15 is 0 Å². The second kappa shape index (κ2) is 8.36. The molecule has 1 unspecified atom stereocenters. The Balaban J connectivity index is 2.18. The number of carbonyl (C=O) groups excluding carboxylic acids is 1. The van der Waals surface area contributed by atoms with Gasteiger partial charge in [0, 0.05) is 25.3 Å². The van der Waals surface area contributed by atoms with E-state index in [1.165, 1.54) is 25.3 Å². The van der Waals surface area contributed by atoms with Crippen LogP contribution in [0, 0.1) is 11.6 Å². The number of methoxy groups -OCH3 is 1. The summed E-state index contributed by atoms with van der Waals surface area (Å²) in [7, 11) is 1.50. The molecule has 0 bridgehead atoms. The molecule has 0 aromatic heterocycles. The largest absolute Gasteiger partial charge is 0.380 e. The van der Waals surface area contributed by atoms with Crippen LogP contribution in [0.4, 0.5) is 8.78 Å². The lowest BCUT2D eigenvalue weighted by Gasteiger charge is -2.30. The Kier molecular flexibility index (Phi) is 6.47. The molecular formula is C17H24F2N2O2. The average Bonchev–Trinajstić information content (AvgIpc) is 3.06. The van der Waals surface area contributed by atoms with Crippen molar-refractivity contribution in [3.05, 3.63) is 35.4 Å². The van der Waals surface area contributed by atoms with Gasteiger partial charge in [-0.15, -0.1) is 0 Å². The minimum atomic E-state index is -0.622. The maximum atomic E-state index is 13.9. The number of hydrogen-bond donors (Lipinski definition) is 1. The van der Waals surface area contributed by atoms with Gasteiger partial charge in [0.15, 0.2) is 0 Å². The predicted octanol–water partition coefficient (Wildman–Crippen LogP) is 2.60. The van der Waals surface area contributed by atoms with Crippen molar-refractivity contribution in [3.63, 3.8) is 0 Å². The molecule has 4 nitrogen and oxygen atoms in total. The SMILES string of the molecule is COC(CN)CC(=O)N(Cc1c(F)cccc1F)C1CCCC1. The minimum absolute atomic E-state index is 0.0248. The molecule has 0 radical (unpaired) electrons. The van der Waals surface area contributed by atoms with Crippen molar-refractivity contribution in [1.29, 1.82) is 0 Å². The molecule has 128 valence electrons. The number of rotatable bonds is 7. The normalized spacial score (nSPS) is 16.5. The maximum Gasteiger partial charge on any atom is 0.225 e. The molecule has 1 aromatic carbocycles. The Labute approximate surface area is 135 Å². The Morgan fingerprint density at radius 2 is 1.96 bits per heavy atom. The number of halogens is 2. The summed E-state index contributed by atoms with van der Waals surface area (Å²) in [6.45, 7) is 0.178. The second-order valence-electron chi connectivity index (χ2n) is 5.96. The van der Waals surface area contributed by atoms with Gasteiger partial charge < -0.3 is 15.4 Å². The van der Waals surface area contributed by atoms with Gasteiger partial charge in [-0.1, -0.05) is 18.9 Å². The van der Waals surface area contributed by atoms with E-state index in [-0.39, 0.29) is 43.1 Å². The van der Waals surface area contributed by atoms with Crippen LogP contribution in [-0.4, -0.2) is 36.6 Å². The summed E-state index contributed by atoms with van der Waals surface area (Å²) in [6.07, 6.45) is 3.53. The van der Waals surface area contributed by atoms with Crippen LogP contribution in [0.5, 0.6) is 0 Å². The van der Waals surface area contributed by atoms with Gasteiger partial charge in [0.1, 0.15) is 11.6 Å². The monoisotopic (exact) mass is 326 g/mol. The highest BCUT2D eigenvalue weighted by Crippen LogP contribution is 2.27. The lowest BCUT2D eigenvalue weighted by molar-refractivity contribution is -0.136. The number of nitrogens with two attached hydrogens (primary N) is 1. The molecular weight excluding hydrogens is 302 g/mol. The average molecular weight is 326 g/mol. The van der Waals surface area contributed by atoms with E-state index in [0.29, 0.717) is 0 Å².